The minimum Gasteiger partial charge on any atom is -0.491 e. The second kappa shape index (κ2) is 8.55. The topological polar surface area (TPSA) is 63.2 Å². The van der Waals surface area contributed by atoms with Gasteiger partial charge in [0.1, 0.15) is 18.5 Å². The van der Waals surface area contributed by atoms with Crippen molar-refractivity contribution in [1.29, 1.82) is 5.41 Å². The van der Waals surface area contributed by atoms with Crippen molar-refractivity contribution in [3.8, 4) is 5.75 Å². The summed E-state index contributed by atoms with van der Waals surface area (Å²) in [5, 5.41) is 19.9. The number of nitrogens with zero attached hydrogens (tertiary/aromatic N) is 2. The Hall–Kier alpha value is -3.02. The fourth-order valence-corrected chi connectivity index (χ4v) is 3.60. The van der Waals surface area contributed by atoms with Crippen molar-refractivity contribution in [3.05, 3.63) is 95.1 Å². The lowest BCUT2D eigenvalue weighted by Crippen LogP contribution is -2.31. The fraction of sp³-hybridized carbons (Fsp3) is 0.174. The van der Waals surface area contributed by atoms with Gasteiger partial charge in [-0.05, 0) is 35.9 Å². The maximum atomic E-state index is 10.5. The Morgan fingerprint density at radius 2 is 1.48 bits per heavy atom. The normalized spacial score (nSPS) is 12.2. The molecule has 0 unspecified atom stereocenters. The molecule has 0 amide bonds. The Morgan fingerprint density at radius 1 is 0.862 bits per heavy atom. The Kier molecular flexibility index (Phi) is 5.69. The standard InChI is InChI=1S/C23H22ClN3O2/c24-20-11-5-4-8-17(20)14-26-21-12-6-7-13-22(21)27(23(26)25)15-18(28)16-29-19-9-2-1-3-10-19/h1-13,18,25,28H,14-16H2/t18-/m1/s1. The number of nitrogens with one attached hydrogen (secondary N) is 1. The fourth-order valence-electron chi connectivity index (χ4n) is 3.41. The third-order valence-electron chi connectivity index (χ3n) is 4.84. The molecule has 0 aliphatic rings. The molecule has 2 N–H and O–H groups in total. The van der Waals surface area contributed by atoms with Gasteiger partial charge in [0.2, 0.25) is 5.62 Å². The molecule has 4 aromatic rings. The van der Waals surface area contributed by atoms with Crippen LogP contribution in [0.25, 0.3) is 11.0 Å². The van der Waals surface area contributed by atoms with E-state index in [9.17, 15) is 5.11 Å². The van der Waals surface area contributed by atoms with Crippen molar-refractivity contribution in [2.75, 3.05) is 6.61 Å². The van der Waals surface area contributed by atoms with Gasteiger partial charge in [-0.2, -0.15) is 0 Å². The van der Waals surface area contributed by atoms with Crippen LogP contribution < -0.4 is 10.4 Å². The summed E-state index contributed by atoms with van der Waals surface area (Å²) < 4.78 is 9.38. The van der Waals surface area contributed by atoms with Crippen LogP contribution >= 0.6 is 11.6 Å². The smallest absolute Gasteiger partial charge is 0.203 e. The van der Waals surface area contributed by atoms with Crippen molar-refractivity contribution >= 4 is 22.6 Å². The number of hydrogen-bond donors (Lipinski definition) is 2. The highest BCUT2D eigenvalue weighted by Crippen LogP contribution is 2.19. The molecule has 0 fully saturated rings. The highest BCUT2D eigenvalue weighted by molar-refractivity contribution is 6.31. The summed E-state index contributed by atoms with van der Waals surface area (Å²) in [6.45, 7) is 0.908. The lowest BCUT2D eigenvalue weighted by Gasteiger charge is -2.13. The molecule has 0 aliphatic carbocycles. The highest BCUT2D eigenvalue weighted by Gasteiger charge is 2.15. The molecule has 1 heterocycles. The second-order valence-corrected chi connectivity index (χ2v) is 7.29. The second-order valence-electron chi connectivity index (χ2n) is 6.88. The monoisotopic (exact) mass is 407 g/mol. The number of benzene rings is 3. The molecule has 0 saturated heterocycles. The van der Waals surface area contributed by atoms with Gasteiger partial charge in [-0.1, -0.05) is 60.1 Å². The van der Waals surface area contributed by atoms with Gasteiger partial charge in [0.05, 0.1) is 24.1 Å². The number of para-hydroxylation sites is 3. The van der Waals surface area contributed by atoms with E-state index in [4.69, 9.17) is 21.7 Å². The van der Waals surface area contributed by atoms with Gasteiger partial charge in [0.15, 0.2) is 0 Å². The van der Waals surface area contributed by atoms with Crippen molar-refractivity contribution < 1.29 is 9.84 Å². The average Bonchev–Trinajstić information content (AvgIpc) is 3.00. The molecule has 148 valence electrons. The molecule has 1 atom stereocenters. The third-order valence-corrected chi connectivity index (χ3v) is 5.21. The van der Waals surface area contributed by atoms with Crippen LogP contribution in [0.15, 0.2) is 78.9 Å². The number of ether oxygens (including phenoxy) is 1. The third kappa shape index (κ3) is 4.21. The zero-order valence-corrected chi connectivity index (χ0v) is 16.6. The predicted molar refractivity (Wildman–Crippen MR) is 114 cm³/mol. The molecule has 0 aliphatic heterocycles. The first-order valence-electron chi connectivity index (χ1n) is 9.45. The number of halogens is 1. The molecular formula is C23H22ClN3O2. The number of hydrogen-bond acceptors (Lipinski definition) is 3. The van der Waals surface area contributed by atoms with Gasteiger partial charge in [-0.15, -0.1) is 0 Å². The lowest BCUT2D eigenvalue weighted by molar-refractivity contribution is 0.0921. The first kappa shape index (κ1) is 19.3. The van der Waals surface area contributed by atoms with Crippen LogP contribution in [-0.2, 0) is 13.1 Å². The summed E-state index contributed by atoms with van der Waals surface area (Å²) in [4.78, 5) is 0. The van der Waals surface area contributed by atoms with E-state index in [2.05, 4.69) is 0 Å². The van der Waals surface area contributed by atoms with Crippen LogP contribution in [0.2, 0.25) is 5.02 Å². The molecule has 0 bridgehead atoms. The maximum Gasteiger partial charge on any atom is 0.203 e. The molecule has 6 heteroatoms. The summed E-state index contributed by atoms with van der Waals surface area (Å²) >= 11 is 6.33. The largest absolute Gasteiger partial charge is 0.491 e. The Bertz CT molecular complexity index is 1170. The van der Waals surface area contributed by atoms with Crippen molar-refractivity contribution in [3.63, 3.8) is 0 Å². The van der Waals surface area contributed by atoms with Gasteiger partial charge in [-0.3, -0.25) is 5.41 Å². The Morgan fingerprint density at radius 3 is 2.21 bits per heavy atom. The summed E-state index contributed by atoms with van der Waals surface area (Å²) in [7, 11) is 0. The lowest BCUT2D eigenvalue weighted by atomic mass is 10.2. The molecule has 0 saturated carbocycles. The van der Waals surface area contributed by atoms with Crippen molar-refractivity contribution in [1.82, 2.24) is 9.13 Å². The first-order valence-corrected chi connectivity index (χ1v) is 9.83. The quantitative estimate of drug-likeness (QED) is 0.485. The SMILES string of the molecule is N=c1n(Cc2ccccc2Cl)c2ccccc2n1C[C@@H](O)COc1ccccc1. The van der Waals surface area contributed by atoms with Crippen molar-refractivity contribution in [2.45, 2.75) is 19.2 Å². The zero-order valence-electron chi connectivity index (χ0n) is 15.8. The van der Waals surface area contributed by atoms with E-state index in [1.807, 2.05) is 88.0 Å². The van der Waals surface area contributed by atoms with Crippen LogP contribution in [0.4, 0.5) is 0 Å². The zero-order chi connectivity index (χ0) is 20.2. The number of aromatic nitrogens is 2. The van der Waals surface area contributed by atoms with E-state index in [0.29, 0.717) is 22.9 Å². The molecular weight excluding hydrogens is 386 g/mol. The summed E-state index contributed by atoms with van der Waals surface area (Å²) in [5.74, 6) is 0.712. The van der Waals surface area contributed by atoms with Crippen molar-refractivity contribution in [2.24, 2.45) is 0 Å². The number of fused-ring (bicyclic) bond motifs is 1. The molecule has 3 aromatic carbocycles. The summed E-state index contributed by atoms with van der Waals surface area (Å²) in [6, 6.07) is 24.9. The summed E-state index contributed by atoms with van der Waals surface area (Å²) in [6.07, 6.45) is -0.746. The minimum absolute atomic E-state index is 0.153. The van der Waals surface area contributed by atoms with Crippen LogP contribution in [0, 0.1) is 5.41 Å². The van der Waals surface area contributed by atoms with Crippen LogP contribution in [0.5, 0.6) is 5.75 Å². The highest BCUT2D eigenvalue weighted by atomic mass is 35.5. The van der Waals surface area contributed by atoms with Crippen LogP contribution in [0.3, 0.4) is 0 Å². The molecule has 29 heavy (non-hydrogen) atoms. The van der Waals surface area contributed by atoms with E-state index < -0.39 is 6.10 Å². The van der Waals surface area contributed by atoms with Crippen LogP contribution in [-0.4, -0.2) is 27.0 Å². The molecule has 1 aromatic heterocycles. The van der Waals surface area contributed by atoms with Gasteiger partial charge >= 0.3 is 0 Å². The van der Waals surface area contributed by atoms with E-state index in [-0.39, 0.29) is 13.2 Å². The Labute approximate surface area is 173 Å². The molecule has 0 radical (unpaired) electrons. The van der Waals surface area contributed by atoms with E-state index >= 15 is 0 Å². The van der Waals surface area contributed by atoms with Gasteiger partial charge in [0, 0.05) is 5.02 Å². The number of aliphatic hydroxyl groups is 1. The summed E-state index contributed by atoms with van der Waals surface area (Å²) in [5.41, 5.74) is 3.07. The Balaban J connectivity index is 1.60. The maximum absolute atomic E-state index is 10.5. The minimum atomic E-state index is -0.746. The molecule has 5 nitrogen and oxygen atoms in total. The molecule has 0 spiro atoms. The van der Waals surface area contributed by atoms with E-state index in [1.165, 1.54) is 0 Å². The van der Waals surface area contributed by atoms with E-state index in [0.717, 1.165) is 16.6 Å². The average molecular weight is 408 g/mol. The van der Waals surface area contributed by atoms with Gasteiger partial charge in [-0.25, -0.2) is 0 Å². The number of imidazole rings is 1. The van der Waals surface area contributed by atoms with Crippen LogP contribution in [0.1, 0.15) is 5.56 Å². The van der Waals surface area contributed by atoms with Gasteiger partial charge in [0.25, 0.3) is 0 Å². The molecule has 4 rings (SSSR count). The first-order chi connectivity index (χ1) is 14.1. The van der Waals surface area contributed by atoms with E-state index in [1.54, 1.807) is 0 Å². The van der Waals surface area contributed by atoms with Gasteiger partial charge < -0.3 is 19.0 Å². The number of rotatable bonds is 7. The number of aliphatic hydroxyl groups excluding tert-OH is 1. The predicted octanol–water partition coefficient (Wildman–Crippen LogP) is 4.06.